The van der Waals surface area contributed by atoms with Crippen LogP contribution in [0.3, 0.4) is 0 Å². The van der Waals surface area contributed by atoms with Crippen LogP contribution in [0.25, 0.3) is 10.8 Å². The molecule has 0 aliphatic carbocycles. The number of hydrogen-bond donors (Lipinski definition) is 1. The molecule has 4 heteroatoms. The van der Waals surface area contributed by atoms with Gasteiger partial charge in [-0.15, -0.1) is 0 Å². The van der Waals surface area contributed by atoms with Crippen molar-refractivity contribution in [2.45, 2.75) is 13.0 Å². The van der Waals surface area contributed by atoms with Crippen LogP contribution in [0.2, 0.25) is 0 Å². The van der Waals surface area contributed by atoms with E-state index in [1.807, 2.05) is 31.2 Å². The van der Waals surface area contributed by atoms with Gasteiger partial charge in [-0.1, -0.05) is 42.5 Å². The third-order valence-electron chi connectivity index (χ3n) is 3.37. The number of nitrogens with one attached hydrogen (secondary N) is 1. The van der Waals surface area contributed by atoms with Gasteiger partial charge >= 0.3 is 6.03 Å². The first kappa shape index (κ1) is 12.4. The molecular weight excluding hydrogens is 250 g/mol. The molecule has 0 fully saturated rings. The summed E-state index contributed by atoms with van der Waals surface area (Å²) in [6.07, 6.45) is 4.71. The predicted octanol–water partition coefficient (Wildman–Crippen LogP) is 3.36. The summed E-state index contributed by atoms with van der Waals surface area (Å²) < 4.78 is 1.43. The zero-order valence-corrected chi connectivity index (χ0v) is 11.2. The quantitative estimate of drug-likeness (QED) is 0.772. The number of amides is 1. The third-order valence-corrected chi connectivity index (χ3v) is 3.37. The Morgan fingerprint density at radius 1 is 1.20 bits per heavy atom. The van der Waals surface area contributed by atoms with E-state index < -0.39 is 0 Å². The number of imidazole rings is 1. The molecule has 0 saturated carbocycles. The van der Waals surface area contributed by atoms with Crippen molar-refractivity contribution in [3.8, 4) is 0 Å². The van der Waals surface area contributed by atoms with Crippen LogP contribution >= 0.6 is 0 Å². The molecule has 1 atom stereocenters. The summed E-state index contributed by atoms with van der Waals surface area (Å²) in [5.41, 5.74) is 1.11. The Labute approximate surface area is 117 Å². The highest BCUT2D eigenvalue weighted by atomic mass is 16.2. The van der Waals surface area contributed by atoms with Crippen molar-refractivity contribution in [2.24, 2.45) is 0 Å². The molecule has 1 heterocycles. The molecule has 1 amide bonds. The lowest BCUT2D eigenvalue weighted by Gasteiger charge is -2.16. The van der Waals surface area contributed by atoms with E-state index in [4.69, 9.17) is 0 Å². The summed E-state index contributed by atoms with van der Waals surface area (Å²) in [5, 5.41) is 5.31. The van der Waals surface area contributed by atoms with Crippen LogP contribution in [-0.2, 0) is 0 Å². The van der Waals surface area contributed by atoms with Crippen LogP contribution in [0.15, 0.2) is 61.2 Å². The van der Waals surface area contributed by atoms with Crippen molar-refractivity contribution in [3.05, 3.63) is 66.7 Å². The highest BCUT2D eigenvalue weighted by Gasteiger charge is 2.12. The average Bonchev–Trinajstić information content (AvgIpc) is 3.01. The highest BCUT2D eigenvalue weighted by Crippen LogP contribution is 2.23. The van der Waals surface area contributed by atoms with Crippen molar-refractivity contribution in [1.82, 2.24) is 14.9 Å². The van der Waals surface area contributed by atoms with Crippen molar-refractivity contribution >= 4 is 16.8 Å². The maximum Gasteiger partial charge on any atom is 0.327 e. The SMILES string of the molecule is CC(NC(=O)n1ccnc1)c1cccc2ccccc12. The van der Waals surface area contributed by atoms with Crippen LogP contribution in [0, 0.1) is 0 Å². The monoisotopic (exact) mass is 265 g/mol. The fourth-order valence-electron chi connectivity index (χ4n) is 2.34. The summed E-state index contributed by atoms with van der Waals surface area (Å²) in [5.74, 6) is 0. The lowest BCUT2D eigenvalue weighted by atomic mass is 10.00. The fourth-order valence-corrected chi connectivity index (χ4v) is 2.34. The molecule has 1 aromatic heterocycles. The van der Waals surface area contributed by atoms with E-state index in [-0.39, 0.29) is 12.1 Å². The molecule has 3 aromatic rings. The van der Waals surface area contributed by atoms with Gasteiger partial charge in [0.05, 0.1) is 6.04 Å². The number of carbonyl (C=O) groups is 1. The Hall–Kier alpha value is -2.62. The second-order valence-corrected chi connectivity index (χ2v) is 4.71. The summed E-state index contributed by atoms with van der Waals surface area (Å²) in [6, 6.07) is 14.0. The molecule has 100 valence electrons. The van der Waals surface area contributed by atoms with Gasteiger partial charge in [-0.3, -0.25) is 4.57 Å². The lowest BCUT2D eigenvalue weighted by Crippen LogP contribution is -2.30. The van der Waals surface area contributed by atoms with Crippen molar-refractivity contribution < 1.29 is 4.79 Å². The van der Waals surface area contributed by atoms with Crippen LogP contribution < -0.4 is 5.32 Å². The summed E-state index contributed by atoms with van der Waals surface area (Å²) >= 11 is 0. The first-order chi connectivity index (χ1) is 9.75. The second-order valence-electron chi connectivity index (χ2n) is 4.71. The summed E-state index contributed by atoms with van der Waals surface area (Å²) in [4.78, 5) is 15.9. The molecule has 1 unspecified atom stereocenters. The zero-order chi connectivity index (χ0) is 13.9. The van der Waals surface area contributed by atoms with Crippen molar-refractivity contribution in [2.75, 3.05) is 0 Å². The highest BCUT2D eigenvalue weighted by molar-refractivity contribution is 5.86. The van der Waals surface area contributed by atoms with Crippen molar-refractivity contribution in [1.29, 1.82) is 0 Å². The van der Waals surface area contributed by atoms with Crippen LogP contribution in [-0.4, -0.2) is 15.6 Å². The lowest BCUT2D eigenvalue weighted by molar-refractivity contribution is 0.239. The van der Waals surface area contributed by atoms with Gasteiger partial charge in [-0.25, -0.2) is 9.78 Å². The molecular formula is C16H15N3O. The topological polar surface area (TPSA) is 46.9 Å². The number of benzene rings is 2. The van der Waals surface area contributed by atoms with E-state index >= 15 is 0 Å². The molecule has 0 aliphatic heterocycles. The Morgan fingerprint density at radius 3 is 2.80 bits per heavy atom. The average molecular weight is 265 g/mol. The number of rotatable bonds is 2. The fraction of sp³-hybridized carbons (Fsp3) is 0.125. The molecule has 1 N–H and O–H groups in total. The molecule has 3 rings (SSSR count). The molecule has 20 heavy (non-hydrogen) atoms. The molecule has 0 aliphatic rings. The van der Waals surface area contributed by atoms with Gasteiger partial charge in [0.1, 0.15) is 6.33 Å². The zero-order valence-electron chi connectivity index (χ0n) is 11.2. The van der Waals surface area contributed by atoms with Gasteiger partial charge < -0.3 is 5.32 Å². The molecule has 0 spiro atoms. The number of hydrogen-bond acceptors (Lipinski definition) is 2. The van der Waals surface area contributed by atoms with E-state index in [9.17, 15) is 4.79 Å². The van der Waals surface area contributed by atoms with E-state index in [2.05, 4.69) is 28.5 Å². The van der Waals surface area contributed by atoms with Gasteiger partial charge in [0.15, 0.2) is 0 Å². The molecule has 0 bridgehead atoms. The Balaban J connectivity index is 1.89. The normalized spacial score (nSPS) is 12.2. The molecule has 4 nitrogen and oxygen atoms in total. The third kappa shape index (κ3) is 2.28. The Bertz CT molecular complexity index is 729. The minimum absolute atomic E-state index is 0.0731. The largest absolute Gasteiger partial charge is 0.331 e. The first-order valence-electron chi connectivity index (χ1n) is 6.52. The van der Waals surface area contributed by atoms with Gasteiger partial charge in [0.2, 0.25) is 0 Å². The van der Waals surface area contributed by atoms with Crippen LogP contribution in [0.5, 0.6) is 0 Å². The van der Waals surface area contributed by atoms with E-state index in [0.29, 0.717) is 0 Å². The second kappa shape index (κ2) is 5.17. The standard InChI is InChI=1S/C16H15N3O/c1-12(18-16(20)19-10-9-17-11-19)14-8-4-6-13-5-2-3-7-15(13)14/h2-12H,1H3,(H,18,20). The number of nitrogens with zero attached hydrogens (tertiary/aromatic N) is 2. The number of carbonyl (C=O) groups excluding carboxylic acids is 1. The Kier molecular flexibility index (Phi) is 3.21. The van der Waals surface area contributed by atoms with E-state index in [1.54, 1.807) is 12.4 Å². The smallest absolute Gasteiger partial charge is 0.327 e. The Morgan fingerprint density at radius 2 is 2.00 bits per heavy atom. The minimum Gasteiger partial charge on any atom is -0.331 e. The van der Waals surface area contributed by atoms with Crippen molar-refractivity contribution in [3.63, 3.8) is 0 Å². The summed E-state index contributed by atoms with van der Waals surface area (Å²) in [7, 11) is 0. The molecule has 2 aromatic carbocycles. The van der Waals surface area contributed by atoms with Crippen LogP contribution in [0.4, 0.5) is 4.79 Å². The maximum atomic E-state index is 12.0. The van der Waals surface area contributed by atoms with Crippen LogP contribution in [0.1, 0.15) is 18.5 Å². The van der Waals surface area contributed by atoms with Gasteiger partial charge in [0, 0.05) is 12.4 Å². The number of fused-ring (bicyclic) bond motifs is 1. The van der Waals surface area contributed by atoms with Gasteiger partial charge in [-0.2, -0.15) is 0 Å². The predicted molar refractivity (Wildman–Crippen MR) is 78.5 cm³/mol. The van der Waals surface area contributed by atoms with E-state index in [1.165, 1.54) is 16.3 Å². The first-order valence-corrected chi connectivity index (χ1v) is 6.52. The van der Waals surface area contributed by atoms with Gasteiger partial charge in [0.25, 0.3) is 0 Å². The molecule has 0 saturated heterocycles. The van der Waals surface area contributed by atoms with E-state index in [0.717, 1.165) is 10.9 Å². The summed E-state index contributed by atoms with van der Waals surface area (Å²) in [6.45, 7) is 1.98. The minimum atomic E-state index is -0.178. The number of aromatic nitrogens is 2. The maximum absolute atomic E-state index is 12.0. The molecule has 0 radical (unpaired) electrons. The van der Waals surface area contributed by atoms with Gasteiger partial charge in [-0.05, 0) is 23.3 Å².